The topological polar surface area (TPSA) is 70.6 Å². The van der Waals surface area contributed by atoms with Gasteiger partial charge in [0.2, 0.25) is 5.88 Å². The van der Waals surface area contributed by atoms with Crippen LogP contribution in [0.2, 0.25) is 0 Å². The molecular weight excluding hydrogens is 375 g/mol. The molecule has 1 aromatic heterocycles. The van der Waals surface area contributed by atoms with Crippen LogP contribution in [0.4, 0.5) is 29.5 Å². The molecule has 0 saturated carbocycles. The maximum Gasteiger partial charge on any atom is 0.418 e. The summed E-state index contributed by atoms with van der Waals surface area (Å²) < 4.78 is 45.0. The first kappa shape index (κ1) is 19.7. The second-order valence-electron chi connectivity index (χ2n) is 6.56. The standard InChI is InChI=1S/C18H20F3N5O2/c1-25(2)15-9-22-10-16(24-15)28-12-7-8-26(11-12)17(27)23-14-6-4-3-5-13(14)18(19,20)21/h3-6,9-10,12H,7-8,11H2,1-2H3,(H,23,27). The van der Waals surface area contributed by atoms with Gasteiger partial charge in [-0.2, -0.15) is 18.2 Å². The number of nitrogens with one attached hydrogen (secondary N) is 1. The number of likely N-dealkylation sites (tertiary alicyclic amines) is 1. The Labute approximate surface area is 160 Å². The lowest BCUT2D eigenvalue weighted by Crippen LogP contribution is -2.35. The summed E-state index contributed by atoms with van der Waals surface area (Å²) in [6.07, 6.45) is -1.23. The number of nitrogens with zero attached hydrogens (tertiary/aromatic N) is 4. The summed E-state index contributed by atoms with van der Waals surface area (Å²) in [7, 11) is 3.66. The van der Waals surface area contributed by atoms with Gasteiger partial charge in [0.05, 0.1) is 30.2 Å². The van der Waals surface area contributed by atoms with Gasteiger partial charge in [0.25, 0.3) is 0 Å². The molecule has 3 rings (SSSR count). The minimum absolute atomic E-state index is 0.244. The predicted octanol–water partition coefficient (Wildman–Crippen LogP) is 3.25. The number of carbonyl (C=O) groups is 1. The van der Waals surface area contributed by atoms with E-state index in [1.165, 1.54) is 29.3 Å². The van der Waals surface area contributed by atoms with Crippen LogP contribution in [0.25, 0.3) is 0 Å². The van der Waals surface area contributed by atoms with Crippen LogP contribution in [-0.2, 0) is 6.18 Å². The Morgan fingerprint density at radius 3 is 2.75 bits per heavy atom. The van der Waals surface area contributed by atoms with Crippen molar-refractivity contribution < 1.29 is 22.7 Å². The maximum atomic E-state index is 13.1. The Morgan fingerprint density at radius 1 is 1.29 bits per heavy atom. The lowest BCUT2D eigenvalue weighted by atomic mass is 10.1. The SMILES string of the molecule is CN(C)c1cncc(OC2CCN(C(=O)Nc3ccccc3C(F)(F)F)C2)n1. The van der Waals surface area contributed by atoms with Crippen molar-refractivity contribution in [2.75, 3.05) is 37.4 Å². The number of aromatic nitrogens is 2. The smallest absolute Gasteiger partial charge is 0.418 e. The van der Waals surface area contributed by atoms with Crippen molar-refractivity contribution in [3.63, 3.8) is 0 Å². The molecule has 1 aliphatic heterocycles. The number of hydrogen-bond donors (Lipinski definition) is 1. The van der Waals surface area contributed by atoms with Crippen molar-refractivity contribution in [1.29, 1.82) is 0 Å². The molecule has 1 aromatic carbocycles. The zero-order chi connectivity index (χ0) is 20.3. The van der Waals surface area contributed by atoms with Gasteiger partial charge in [0.1, 0.15) is 6.10 Å². The Balaban J connectivity index is 1.62. The molecule has 0 bridgehead atoms. The first-order valence-corrected chi connectivity index (χ1v) is 8.62. The van der Waals surface area contributed by atoms with Gasteiger partial charge in [-0.25, -0.2) is 4.79 Å². The molecule has 10 heteroatoms. The Bertz CT molecular complexity index is 844. The lowest BCUT2D eigenvalue weighted by molar-refractivity contribution is -0.136. The third-order valence-corrected chi connectivity index (χ3v) is 4.25. The highest BCUT2D eigenvalue weighted by atomic mass is 19.4. The average Bonchev–Trinajstić information content (AvgIpc) is 3.10. The number of hydrogen-bond acceptors (Lipinski definition) is 5. The Kier molecular flexibility index (Phi) is 5.57. The van der Waals surface area contributed by atoms with Crippen molar-refractivity contribution in [1.82, 2.24) is 14.9 Å². The molecule has 2 aromatic rings. The monoisotopic (exact) mass is 395 g/mol. The second kappa shape index (κ2) is 7.91. The van der Waals surface area contributed by atoms with Crippen LogP contribution < -0.4 is 15.0 Å². The number of alkyl halides is 3. The average molecular weight is 395 g/mol. The van der Waals surface area contributed by atoms with Crippen molar-refractivity contribution >= 4 is 17.5 Å². The van der Waals surface area contributed by atoms with Crippen molar-refractivity contribution in [2.24, 2.45) is 0 Å². The normalized spacial score (nSPS) is 16.8. The van der Waals surface area contributed by atoms with Gasteiger partial charge in [-0.05, 0) is 12.1 Å². The molecule has 1 aliphatic rings. The fraction of sp³-hybridized carbons (Fsp3) is 0.389. The molecule has 0 aliphatic carbocycles. The van der Waals surface area contributed by atoms with Crippen LogP contribution >= 0.6 is 0 Å². The fourth-order valence-electron chi connectivity index (χ4n) is 2.82. The molecule has 1 N–H and O–H groups in total. The molecule has 0 spiro atoms. The molecule has 1 fully saturated rings. The minimum atomic E-state index is -4.54. The van der Waals surface area contributed by atoms with Crippen LogP contribution in [0.5, 0.6) is 5.88 Å². The molecular formula is C18H20F3N5O2. The summed E-state index contributed by atoms with van der Waals surface area (Å²) in [5.41, 5.74) is -1.15. The van der Waals surface area contributed by atoms with Gasteiger partial charge in [-0.3, -0.25) is 4.98 Å². The van der Waals surface area contributed by atoms with Gasteiger partial charge in [-0.1, -0.05) is 12.1 Å². The molecule has 2 amide bonds. The number of halogens is 3. The highest BCUT2D eigenvalue weighted by Crippen LogP contribution is 2.34. The number of rotatable bonds is 4. The van der Waals surface area contributed by atoms with E-state index < -0.39 is 17.8 Å². The molecule has 28 heavy (non-hydrogen) atoms. The summed E-state index contributed by atoms with van der Waals surface area (Å²) in [5, 5.41) is 2.34. The van der Waals surface area contributed by atoms with E-state index in [9.17, 15) is 18.0 Å². The molecule has 2 heterocycles. The first-order chi connectivity index (χ1) is 13.2. The summed E-state index contributed by atoms with van der Waals surface area (Å²) >= 11 is 0. The molecule has 1 unspecified atom stereocenters. The van der Waals surface area contributed by atoms with Gasteiger partial charge in [0.15, 0.2) is 5.82 Å². The van der Waals surface area contributed by atoms with Crippen LogP contribution in [0.1, 0.15) is 12.0 Å². The molecule has 1 saturated heterocycles. The number of carbonyl (C=O) groups excluding carboxylic acids is 1. The van der Waals surface area contributed by atoms with Gasteiger partial charge in [-0.15, -0.1) is 0 Å². The van der Waals surface area contributed by atoms with E-state index in [0.29, 0.717) is 24.7 Å². The number of benzene rings is 1. The predicted molar refractivity (Wildman–Crippen MR) is 97.4 cm³/mol. The zero-order valence-electron chi connectivity index (χ0n) is 15.4. The van der Waals surface area contributed by atoms with Gasteiger partial charge >= 0.3 is 12.2 Å². The van der Waals surface area contributed by atoms with Crippen molar-refractivity contribution in [3.05, 3.63) is 42.2 Å². The molecule has 150 valence electrons. The van der Waals surface area contributed by atoms with Crippen molar-refractivity contribution in [2.45, 2.75) is 18.7 Å². The molecule has 7 nitrogen and oxygen atoms in total. The minimum Gasteiger partial charge on any atom is -0.471 e. The number of para-hydroxylation sites is 1. The number of anilines is 2. The zero-order valence-corrected chi connectivity index (χ0v) is 15.4. The number of ether oxygens (including phenoxy) is 1. The summed E-state index contributed by atoms with van der Waals surface area (Å²) in [5.74, 6) is 0.967. The van der Waals surface area contributed by atoms with Crippen LogP contribution in [0.15, 0.2) is 36.7 Å². The maximum absolute atomic E-state index is 13.1. The molecule has 1 atom stereocenters. The lowest BCUT2D eigenvalue weighted by Gasteiger charge is -2.20. The molecule has 0 radical (unpaired) electrons. The Hall–Kier alpha value is -3.04. The fourth-order valence-corrected chi connectivity index (χ4v) is 2.82. The summed E-state index contributed by atoms with van der Waals surface area (Å²) in [6, 6.07) is 4.28. The van der Waals surface area contributed by atoms with Crippen LogP contribution in [-0.4, -0.2) is 54.2 Å². The van der Waals surface area contributed by atoms with Crippen LogP contribution in [0, 0.1) is 0 Å². The number of amides is 2. The van der Waals surface area contributed by atoms with Gasteiger partial charge < -0.3 is 19.9 Å². The third kappa shape index (κ3) is 4.62. The van der Waals surface area contributed by atoms with E-state index in [4.69, 9.17) is 4.74 Å². The second-order valence-corrected chi connectivity index (χ2v) is 6.56. The van der Waals surface area contributed by atoms with E-state index in [1.54, 1.807) is 11.1 Å². The van der Waals surface area contributed by atoms with E-state index in [2.05, 4.69) is 15.3 Å². The van der Waals surface area contributed by atoms with E-state index in [-0.39, 0.29) is 18.3 Å². The Morgan fingerprint density at radius 2 is 2.04 bits per heavy atom. The van der Waals surface area contributed by atoms with Crippen molar-refractivity contribution in [3.8, 4) is 5.88 Å². The quantitative estimate of drug-likeness (QED) is 0.861. The highest BCUT2D eigenvalue weighted by Gasteiger charge is 2.35. The van der Waals surface area contributed by atoms with Crippen LogP contribution in [0.3, 0.4) is 0 Å². The largest absolute Gasteiger partial charge is 0.471 e. The van der Waals surface area contributed by atoms with Gasteiger partial charge in [0, 0.05) is 27.1 Å². The third-order valence-electron chi connectivity index (χ3n) is 4.25. The summed E-state index contributed by atoms with van der Waals surface area (Å²) in [6.45, 7) is 0.610. The van der Waals surface area contributed by atoms with E-state index in [0.717, 1.165) is 6.07 Å². The number of urea groups is 1. The summed E-state index contributed by atoms with van der Waals surface area (Å²) in [4.78, 5) is 24.0. The highest BCUT2D eigenvalue weighted by molar-refractivity contribution is 5.90. The first-order valence-electron chi connectivity index (χ1n) is 8.62. The van der Waals surface area contributed by atoms with E-state index in [1.807, 2.05) is 14.1 Å². The van der Waals surface area contributed by atoms with E-state index >= 15 is 0 Å².